The molecule has 1 saturated heterocycles. The molecule has 3 rings (SSSR count). The number of nitrogens with zero attached hydrogens (tertiary/aromatic N) is 2. The lowest BCUT2D eigenvalue weighted by Crippen LogP contribution is -2.06. The summed E-state index contributed by atoms with van der Waals surface area (Å²) < 4.78 is 7.55. The SMILES string of the molecule is c1ccn2c(CC3CCOC3)ncc2c1. The molecule has 3 heteroatoms. The van der Waals surface area contributed by atoms with Crippen LogP contribution in [-0.2, 0) is 11.2 Å². The fourth-order valence-corrected chi connectivity index (χ4v) is 2.15. The lowest BCUT2D eigenvalue weighted by Gasteiger charge is -2.05. The van der Waals surface area contributed by atoms with Crippen molar-refractivity contribution in [2.45, 2.75) is 12.8 Å². The Morgan fingerprint density at radius 3 is 3.33 bits per heavy atom. The number of ether oxygens (including phenoxy) is 1. The summed E-state index contributed by atoms with van der Waals surface area (Å²) in [5, 5.41) is 0. The van der Waals surface area contributed by atoms with Crippen molar-refractivity contribution < 1.29 is 4.74 Å². The Kier molecular flexibility index (Phi) is 2.18. The Morgan fingerprint density at radius 1 is 1.47 bits per heavy atom. The fourth-order valence-electron chi connectivity index (χ4n) is 2.15. The molecule has 1 aliphatic rings. The van der Waals surface area contributed by atoms with Crippen LogP contribution in [0.25, 0.3) is 5.52 Å². The molecular weight excluding hydrogens is 188 g/mol. The summed E-state index contributed by atoms with van der Waals surface area (Å²) in [6.07, 6.45) is 6.21. The van der Waals surface area contributed by atoms with E-state index in [0.717, 1.165) is 25.5 Å². The summed E-state index contributed by atoms with van der Waals surface area (Å²) in [4.78, 5) is 4.47. The van der Waals surface area contributed by atoms with E-state index in [-0.39, 0.29) is 0 Å². The second kappa shape index (κ2) is 3.66. The minimum atomic E-state index is 0.649. The van der Waals surface area contributed by atoms with Gasteiger partial charge in [0.1, 0.15) is 5.82 Å². The zero-order valence-corrected chi connectivity index (χ0v) is 8.60. The summed E-state index contributed by atoms with van der Waals surface area (Å²) >= 11 is 0. The number of fused-ring (bicyclic) bond motifs is 1. The molecule has 2 aromatic rings. The van der Waals surface area contributed by atoms with Gasteiger partial charge in [-0.3, -0.25) is 0 Å². The van der Waals surface area contributed by atoms with Crippen LogP contribution in [0.15, 0.2) is 30.6 Å². The number of pyridine rings is 1. The maximum absolute atomic E-state index is 5.38. The van der Waals surface area contributed by atoms with Crippen molar-refractivity contribution in [2.24, 2.45) is 5.92 Å². The second-order valence-corrected chi connectivity index (χ2v) is 4.10. The summed E-state index contributed by atoms with van der Waals surface area (Å²) in [7, 11) is 0. The second-order valence-electron chi connectivity index (χ2n) is 4.10. The number of imidazole rings is 1. The fraction of sp³-hybridized carbons (Fsp3) is 0.417. The topological polar surface area (TPSA) is 26.5 Å². The molecule has 3 heterocycles. The van der Waals surface area contributed by atoms with Gasteiger partial charge in [-0.2, -0.15) is 0 Å². The Labute approximate surface area is 88.7 Å². The van der Waals surface area contributed by atoms with Gasteiger partial charge in [0.25, 0.3) is 0 Å². The van der Waals surface area contributed by atoms with Crippen LogP contribution in [0.5, 0.6) is 0 Å². The van der Waals surface area contributed by atoms with E-state index in [1.54, 1.807) is 0 Å². The molecule has 0 saturated carbocycles. The maximum atomic E-state index is 5.38. The zero-order chi connectivity index (χ0) is 10.1. The highest BCUT2D eigenvalue weighted by Crippen LogP contribution is 2.18. The standard InChI is InChI=1S/C12H14N2O/c1-2-5-14-11(3-1)8-13-12(14)7-10-4-6-15-9-10/h1-3,5,8,10H,4,6-7,9H2. The first-order valence-electron chi connectivity index (χ1n) is 5.42. The molecular formula is C12H14N2O. The van der Waals surface area contributed by atoms with Gasteiger partial charge in [0, 0.05) is 25.8 Å². The highest BCUT2D eigenvalue weighted by Gasteiger charge is 2.18. The largest absolute Gasteiger partial charge is 0.381 e. The van der Waals surface area contributed by atoms with Crippen LogP contribution < -0.4 is 0 Å². The van der Waals surface area contributed by atoms with Gasteiger partial charge in [-0.05, 0) is 24.5 Å². The first-order chi connectivity index (χ1) is 7.43. The van der Waals surface area contributed by atoms with Gasteiger partial charge in [0.2, 0.25) is 0 Å². The van der Waals surface area contributed by atoms with Crippen molar-refractivity contribution in [3.63, 3.8) is 0 Å². The minimum absolute atomic E-state index is 0.649. The Bertz CT molecular complexity index is 457. The lowest BCUT2D eigenvalue weighted by molar-refractivity contribution is 0.185. The predicted molar refractivity (Wildman–Crippen MR) is 57.8 cm³/mol. The molecule has 0 bridgehead atoms. The average Bonchev–Trinajstić information content (AvgIpc) is 2.89. The van der Waals surface area contributed by atoms with Crippen molar-refractivity contribution >= 4 is 5.52 Å². The minimum Gasteiger partial charge on any atom is -0.381 e. The zero-order valence-electron chi connectivity index (χ0n) is 8.60. The highest BCUT2D eigenvalue weighted by molar-refractivity contribution is 5.45. The van der Waals surface area contributed by atoms with E-state index < -0.39 is 0 Å². The Hall–Kier alpha value is -1.35. The Balaban J connectivity index is 1.90. The van der Waals surface area contributed by atoms with E-state index in [1.165, 1.54) is 11.9 Å². The number of rotatable bonds is 2. The van der Waals surface area contributed by atoms with Gasteiger partial charge >= 0.3 is 0 Å². The average molecular weight is 202 g/mol. The van der Waals surface area contributed by atoms with Crippen LogP contribution in [0.3, 0.4) is 0 Å². The van der Waals surface area contributed by atoms with Gasteiger partial charge < -0.3 is 9.14 Å². The van der Waals surface area contributed by atoms with Gasteiger partial charge in [0.05, 0.1) is 11.7 Å². The van der Waals surface area contributed by atoms with E-state index in [9.17, 15) is 0 Å². The van der Waals surface area contributed by atoms with Crippen molar-refractivity contribution in [3.05, 3.63) is 36.4 Å². The van der Waals surface area contributed by atoms with Crippen molar-refractivity contribution in [1.29, 1.82) is 0 Å². The molecule has 0 aromatic carbocycles. The number of aromatic nitrogens is 2. The van der Waals surface area contributed by atoms with Gasteiger partial charge in [-0.15, -0.1) is 0 Å². The summed E-state index contributed by atoms with van der Waals surface area (Å²) in [5.41, 5.74) is 1.17. The molecule has 0 radical (unpaired) electrons. The quantitative estimate of drug-likeness (QED) is 0.743. The first kappa shape index (κ1) is 8.92. The van der Waals surface area contributed by atoms with Crippen LogP contribution in [0.2, 0.25) is 0 Å². The molecule has 78 valence electrons. The normalized spacial score (nSPS) is 21.2. The van der Waals surface area contributed by atoms with E-state index in [2.05, 4.69) is 21.6 Å². The molecule has 1 aliphatic heterocycles. The number of hydrogen-bond donors (Lipinski definition) is 0. The van der Waals surface area contributed by atoms with E-state index in [4.69, 9.17) is 4.74 Å². The van der Waals surface area contributed by atoms with Crippen LogP contribution in [0.1, 0.15) is 12.2 Å². The molecule has 0 aliphatic carbocycles. The van der Waals surface area contributed by atoms with Gasteiger partial charge in [0.15, 0.2) is 0 Å². The van der Waals surface area contributed by atoms with Crippen LogP contribution in [-0.4, -0.2) is 22.6 Å². The molecule has 1 atom stereocenters. The van der Waals surface area contributed by atoms with Crippen LogP contribution >= 0.6 is 0 Å². The van der Waals surface area contributed by atoms with Crippen molar-refractivity contribution in [1.82, 2.24) is 9.38 Å². The number of hydrogen-bond acceptors (Lipinski definition) is 2. The smallest absolute Gasteiger partial charge is 0.113 e. The molecule has 3 nitrogen and oxygen atoms in total. The first-order valence-corrected chi connectivity index (χ1v) is 5.42. The van der Waals surface area contributed by atoms with E-state index in [1.807, 2.05) is 18.3 Å². The third-order valence-electron chi connectivity index (χ3n) is 3.01. The van der Waals surface area contributed by atoms with Crippen molar-refractivity contribution in [3.8, 4) is 0 Å². The molecule has 2 aromatic heterocycles. The van der Waals surface area contributed by atoms with Crippen LogP contribution in [0.4, 0.5) is 0 Å². The van der Waals surface area contributed by atoms with Gasteiger partial charge in [-0.25, -0.2) is 4.98 Å². The predicted octanol–water partition coefficient (Wildman–Crippen LogP) is 1.91. The van der Waals surface area contributed by atoms with E-state index in [0.29, 0.717) is 5.92 Å². The van der Waals surface area contributed by atoms with Gasteiger partial charge in [-0.1, -0.05) is 6.07 Å². The molecule has 1 fully saturated rings. The molecule has 0 N–H and O–H groups in total. The molecule has 15 heavy (non-hydrogen) atoms. The lowest BCUT2D eigenvalue weighted by atomic mass is 10.1. The monoisotopic (exact) mass is 202 g/mol. The molecule has 0 amide bonds. The third-order valence-corrected chi connectivity index (χ3v) is 3.01. The highest BCUT2D eigenvalue weighted by atomic mass is 16.5. The Morgan fingerprint density at radius 2 is 2.47 bits per heavy atom. The molecule has 1 unspecified atom stereocenters. The maximum Gasteiger partial charge on any atom is 0.113 e. The summed E-state index contributed by atoms with van der Waals surface area (Å²) in [6, 6.07) is 6.17. The third kappa shape index (κ3) is 1.63. The van der Waals surface area contributed by atoms with E-state index >= 15 is 0 Å². The summed E-state index contributed by atoms with van der Waals surface area (Å²) in [6.45, 7) is 1.80. The molecule has 0 spiro atoms. The van der Waals surface area contributed by atoms with Crippen molar-refractivity contribution in [2.75, 3.05) is 13.2 Å². The van der Waals surface area contributed by atoms with Crippen LogP contribution in [0, 0.1) is 5.92 Å². The summed E-state index contributed by atoms with van der Waals surface area (Å²) in [5.74, 6) is 1.80.